The lowest BCUT2D eigenvalue weighted by Gasteiger charge is -2.21. The number of hydrogen-bond donors (Lipinski definition) is 1. The quantitative estimate of drug-likeness (QED) is 0.847. The van der Waals surface area contributed by atoms with Gasteiger partial charge in [-0.3, -0.25) is 9.59 Å². The predicted octanol–water partition coefficient (Wildman–Crippen LogP) is 1.80. The number of benzene rings is 1. The van der Waals surface area contributed by atoms with Crippen molar-refractivity contribution in [2.45, 2.75) is 39.8 Å². The monoisotopic (exact) mass is 316 g/mol. The Labute approximate surface area is 136 Å². The predicted molar refractivity (Wildman–Crippen MR) is 89.9 cm³/mol. The number of carbonyl (C=O) groups is 2. The number of nitrogens with one attached hydrogen (secondary N) is 1. The van der Waals surface area contributed by atoms with Crippen LogP contribution in [0.25, 0.3) is 11.0 Å². The number of fused-ring (bicyclic) bond motifs is 1. The minimum Gasteiger partial charge on any atom is -0.352 e. The summed E-state index contributed by atoms with van der Waals surface area (Å²) in [4.78, 5) is 30.1. The van der Waals surface area contributed by atoms with Crippen LogP contribution in [0.15, 0.2) is 30.6 Å². The summed E-state index contributed by atoms with van der Waals surface area (Å²) < 4.78 is 1.97. The van der Waals surface area contributed by atoms with E-state index in [9.17, 15) is 9.59 Å². The average molecular weight is 316 g/mol. The lowest BCUT2D eigenvalue weighted by Crippen LogP contribution is -2.42. The highest BCUT2D eigenvalue weighted by Gasteiger charge is 2.16. The minimum absolute atomic E-state index is 0.0239. The maximum atomic E-state index is 12.3. The van der Waals surface area contributed by atoms with E-state index in [0.717, 1.165) is 11.0 Å². The number of amides is 2. The van der Waals surface area contributed by atoms with Crippen LogP contribution >= 0.6 is 0 Å². The molecule has 0 saturated heterocycles. The first kappa shape index (κ1) is 17.0. The van der Waals surface area contributed by atoms with E-state index >= 15 is 0 Å². The zero-order valence-corrected chi connectivity index (χ0v) is 14.0. The van der Waals surface area contributed by atoms with Crippen LogP contribution in [0, 0.1) is 0 Å². The standard InChI is InChI=1S/C17H24N4O2/c1-4-20(11-16(22)19-13(2)3)17(23)9-10-21-12-18-14-7-5-6-8-15(14)21/h5-8,12-13H,4,9-11H2,1-3H3,(H,19,22). The first-order chi connectivity index (χ1) is 11.0. The molecular weight excluding hydrogens is 292 g/mol. The zero-order chi connectivity index (χ0) is 16.8. The molecule has 1 heterocycles. The molecule has 0 aliphatic rings. The second-order valence-corrected chi connectivity index (χ2v) is 5.81. The summed E-state index contributed by atoms with van der Waals surface area (Å²) in [5.74, 6) is -0.146. The van der Waals surface area contributed by atoms with Crippen LogP contribution < -0.4 is 5.32 Å². The summed E-state index contributed by atoms with van der Waals surface area (Å²) >= 11 is 0. The van der Waals surface area contributed by atoms with Gasteiger partial charge in [0.05, 0.1) is 23.9 Å². The fourth-order valence-electron chi connectivity index (χ4n) is 2.48. The Bertz CT molecular complexity index is 678. The summed E-state index contributed by atoms with van der Waals surface area (Å²) in [5, 5.41) is 2.81. The lowest BCUT2D eigenvalue weighted by atomic mass is 10.3. The van der Waals surface area contributed by atoms with Gasteiger partial charge in [-0.1, -0.05) is 12.1 Å². The van der Waals surface area contributed by atoms with Gasteiger partial charge in [0.25, 0.3) is 0 Å². The number of carbonyl (C=O) groups excluding carboxylic acids is 2. The van der Waals surface area contributed by atoms with E-state index in [1.54, 1.807) is 11.2 Å². The van der Waals surface area contributed by atoms with Crippen molar-refractivity contribution in [2.24, 2.45) is 0 Å². The molecule has 0 saturated carbocycles. The molecule has 2 amide bonds. The molecule has 1 aromatic carbocycles. The molecule has 23 heavy (non-hydrogen) atoms. The second kappa shape index (κ2) is 7.76. The molecule has 0 aliphatic heterocycles. The molecule has 6 heteroatoms. The second-order valence-electron chi connectivity index (χ2n) is 5.81. The Hall–Kier alpha value is -2.37. The maximum absolute atomic E-state index is 12.3. The fraction of sp³-hybridized carbons (Fsp3) is 0.471. The molecule has 1 aromatic heterocycles. The molecule has 0 spiro atoms. The van der Waals surface area contributed by atoms with Crippen molar-refractivity contribution in [3.05, 3.63) is 30.6 Å². The first-order valence-electron chi connectivity index (χ1n) is 7.98. The molecular formula is C17H24N4O2. The summed E-state index contributed by atoms with van der Waals surface area (Å²) in [6.45, 7) is 6.88. The smallest absolute Gasteiger partial charge is 0.239 e. The van der Waals surface area contributed by atoms with Crippen molar-refractivity contribution in [1.82, 2.24) is 19.8 Å². The van der Waals surface area contributed by atoms with Gasteiger partial charge in [0, 0.05) is 25.6 Å². The average Bonchev–Trinajstić information content (AvgIpc) is 2.93. The van der Waals surface area contributed by atoms with E-state index < -0.39 is 0 Å². The van der Waals surface area contributed by atoms with E-state index in [2.05, 4.69) is 10.3 Å². The van der Waals surface area contributed by atoms with E-state index in [4.69, 9.17) is 0 Å². The summed E-state index contributed by atoms with van der Waals surface area (Å²) in [5.41, 5.74) is 1.93. The molecule has 2 aromatic rings. The van der Waals surface area contributed by atoms with Crippen molar-refractivity contribution >= 4 is 22.8 Å². The van der Waals surface area contributed by atoms with Gasteiger partial charge in [-0.2, -0.15) is 0 Å². The number of hydrogen-bond acceptors (Lipinski definition) is 3. The third-order valence-electron chi connectivity index (χ3n) is 3.61. The number of para-hydroxylation sites is 2. The van der Waals surface area contributed by atoms with E-state index in [1.807, 2.05) is 49.6 Å². The van der Waals surface area contributed by atoms with Gasteiger partial charge in [0.15, 0.2) is 0 Å². The maximum Gasteiger partial charge on any atom is 0.239 e. The van der Waals surface area contributed by atoms with Crippen LogP contribution in [0.2, 0.25) is 0 Å². The SMILES string of the molecule is CCN(CC(=O)NC(C)C)C(=O)CCn1cnc2ccccc21. The van der Waals surface area contributed by atoms with Gasteiger partial charge in [-0.05, 0) is 32.9 Å². The van der Waals surface area contributed by atoms with Gasteiger partial charge < -0.3 is 14.8 Å². The summed E-state index contributed by atoms with van der Waals surface area (Å²) in [6.07, 6.45) is 2.10. The van der Waals surface area contributed by atoms with Crippen molar-refractivity contribution < 1.29 is 9.59 Å². The number of aryl methyl sites for hydroxylation is 1. The molecule has 0 fully saturated rings. The number of aromatic nitrogens is 2. The van der Waals surface area contributed by atoms with Crippen LogP contribution in [0.1, 0.15) is 27.2 Å². The molecule has 0 bridgehead atoms. The van der Waals surface area contributed by atoms with Crippen molar-refractivity contribution in [2.75, 3.05) is 13.1 Å². The fourth-order valence-corrected chi connectivity index (χ4v) is 2.48. The first-order valence-corrected chi connectivity index (χ1v) is 7.98. The highest BCUT2D eigenvalue weighted by atomic mass is 16.2. The Morgan fingerprint density at radius 1 is 1.30 bits per heavy atom. The zero-order valence-electron chi connectivity index (χ0n) is 14.0. The molecule has 1 N–H and O–H groups in total. The van der Waals surface area contributed by atoms with Gasteiger partial charge in [0.1, 0.15) is 0 Å². The van der Waals surface area contributed by atoms with Gasteiger partial charge in [-0.25, -0.2) is 4.98 Å². The number of rotatable bonds is 7. The molecule has 124 valence electrons. The normalized spacial score (nSPS) is 11.0. The Balaban J connectivity index is 1.93. The highest BCUT2D eigenvalue weighted by Crippen LogP contribution is 2.12. The largest absolute Gasteiger partial charge is 0.352 e. The molecule has 0 unspecified atom stereocenters. The van der Waals surface area contributed by atoms with Gasteiger partial charge >= 0.3 is 0 Å². The van der Waals surface area contributed by atoms with Crippen LogP contribution in [0.5, 0.6) is 0 Å². The third-order valence-corrected chi connectivity index (χ3v) is 3.61. The summed E-state index contributed by atoms with van der Waals surface area (Å²) in [7, 11) is 0. The van der Waals surface area contributed by atoms with Crippen molar-refractivity contribution in [3.8, 4) is 0 Å². The number of likely N-dealkylation sites (N-methyl/N-ethyl adjacent to an activating group) is 1. The van der Waals surface area contributed by atoms with Gasteiger partial charge in [0.2, 0.25) is 11.8 Å². The molecule has 2 rings (SSSR count). The van der Waals surface area contributed by atoms with Crippen molar-refractivity contribution in [1.29, 1.82) is 0 Å². The summed E-state index contributed by atoms with van der Waals surface area (Å²) in [6, 6.07) is 7.91. The van der Waals surface area contributed by atoms with Gasteiger partial charge in [-0.15, -0.1) is 0 Å². The number of nitrogens with zero attached hydrogens (tertiary/aromatic N) is 3. The Morgan fingerprint density at radius 2 is 2.04 bits per heavy atom. The van der Waals surface area contributed by atoms with Crippen molar-refractivity contribution in [3.63, 3.8) is 0 Å². The van der Waals surface area contributed by atoms with Crippen LogP contribution in [0.4, 0.5) is 0 Å². The van der Waals surface area contributed by atoms with Crippen LogP contribution in [-0.2, 0) is 16.1 Å². The highest BCUT2D eigenvalue weighted by molar-refractivity contribution is 5.85. The molecule has 6 nitrogen and oxygen atoms in total. The Morgan fingerprint density at radius 3 is 2.74 bits per heavy atom. The topological polar surface area (TPSA) is 67.2 Å². The van der Waals surface area contributed by atoms with E-state index in [0.29, 0.717) is 19.5 Å². The molecule has 0 aliphatic carbocycles. The molecule has 0 atom stereocenters. The van der Waals surface area contributed by atoms with E-state index in [1.165, 1.54) is 0 Å². The van der Waals surface area contributed by atoms with E-state index in [-0.39, 0.29) is 24.4 Å². The lowest BCUT2D eigenvalue weighted by molar-refractivity contribution is -0.136. The van der Waals surface area contributed by atoms with Crippen LogP contribution in [-0.4, -0.2) is 45.4 Å². The molecule has 0 radical (unpaired) electrons. The van der Waals surface area contributed by atoms with Crippen LogP contribution in [0.3, 0.4) is 0 Å². The minimum atomic E-state index is -0.122. The Kier molecular flexibility index (Phi) is 5.73. The number of imidazole rings is 1. The third kappa shape index (κ3) is 4.55.